The SMILES string of the molecule is FN1CCC(CONC2CCN(F)CC2)CC1. The number of nitrogens with one attached hydrogen (secondary N) is 1. The van der Waals surface area contributed by atoms with Gasteiger partial charge in [0.15, 0.2) is 0 Å². The van der Waals surface area contributed by atoms with Gasteiger partial charge in [0.25, 0.3) is 0 Å². The van der Waals surface area contributed by atoms with Gasteiger partial charge in [0.1, 0.15) is 0 Å². The van der Waals surface area contributed by atoms with Crippen LogP contribution < -0.4 is 5.48 Å². The van der Waals surface area contributed by atoms with Crippen LogP contribution in [0.15, 0.2) is 0 Å². The number of halogens is 2. The second-order valence-electron chi connectivity index (χ2n) is 4.97. The van der Waals surface area contributed by atoms with Crippen molar-refractivity contribution in [1.29, 1.82) is 0 Å². The molecule has 4 nitrogen and oxygen atoms in total. The summed E-state index contributed by atoms with van der Waals surface area (Å²) in [5, 5.41) is 1.70. The lowest BCUT2D eigenvalue weighted by Crippen LogP contribution is -2.40. The van der Waals surface area contributed by atoms with E-state index in [1.54, 1.807) is 0 Å². The smallest absolute Gasteiger partial charge is 0.0711 e. The summed E-state index contributed by atoms with van der Waals surface area (Å²) in [4.78, 5) is 5.45. The lowest BCUT2D eigenvalue weighted by atomic mass is 9.99. The molecule has 2 fully saturated rings. The van der Waals surface area contributed by atoms with Crippen LogP contribution >= 0.6 is 0 Å². The van der Waals surface area contributed by atoms with Gasteiger partial charge in [-0.15, -0.1) is 19.2 Å². The first-order chi connectivity index (χ1) is 8.24. The molecular weight excluding hydrogens is 228 g/mol. The zero-order valence-corrected chi connectivity index (χ0v) is 10.1. The summed E-state index contributed by atoms with van der Waals surface area (Å²) in [6.45, 7) is 2.59. The molecule has 0 aromatic carbocycles. The van der Waals surface area contributed by atoms with Crippen LogP contribution in [0.5, 0.6) is 0 Å². The highest BCUT2D eigenvalue weighted by Gasteiger charge is 2.21. The summed E-state index contributed by atoms with van der Waals surface area (Å²) >= 11 is 0. The summed E-state index contributed by atoms with van der Waals surface area (Å²) in [6, 6.07) is 0.253. The van der Waals surface area contributed by atoms with Gasteiger partial charge in [-0.2, -0.15) is 5.48 Å². The normalized spacial score (nSPS) is 26.5. The Hall–Kier alpha value is -0.300. The van der Waals surface area contributed by atoms with Crippen molar-refractivity contribution in [3.05, 3.63) is 0 Å². The van der Waals surface area contributed by atoms with Crippen molar-refractivity contribution in [1.82, 2.24) is 15.7 Å². The topological polar surface area (TPSA) is 27.7 Å². The molecule has 2 aliphatic rings. The van der Waals surface area contributed by atoms with Crippen molar-refractivity contribution in [3.63, 3.8) is 0 Å². The highest BCUT2D eigenvalue weighted by Crippen LogP contribution is 2.17. The third kappa shape index (κ3) is 4.46. The first-order valence-electron chi connectivity index (χ1n) is 6.43. The molecule has 100 valence electrons. The maximum Gasteiger partial charge on any atom is 0.0711 e. The van der Waals surface area contributed by atoms with E-state index in [1.165, 1.54) is 0 Å². The van der Waals surface area contributed by atoms with Crippen molar-refractivity contribution in [3.8, 4) is 0 Å². The summed E-state index contributed by atoms with van der Waals surface area (Å²) in [7, 11) is 0. The fourth-order valence-electron chi connectivity index (χ4n) is 2.32. The van der Waals surface area contributed by atoms with Gasteiger partial charge in [-0.1, -0.05) is 0 Å². The highest BCUT2D eigenvalue weighted by atomic mass is 19.2. The first-order valence-corrected chi connectivity index (χ1v) is 6.43. The molecule has 0 unspecified atom stereocenters. The van der Waals surface area contributed by atoms with Crippen molar-refractivity contribution < 1.29 is 13.8 Å². The number of hydroxylamine groups is 1. The van der Waals surface area contributed by atoms with Gasteiger partial charge in [-0.05, 0) is 31.6 Å². The van der Waals surface area contributed by atoms with E-state index in [2.05, 4.69) is 5.48 Å². The Morgan fingerprint density at radius 3 is 2.06 bits per heavy atom. The molecule has 0 aromatic rings. The van der Waals surface area contributed by atoms with Crippen molar-refractivity contribution in [2.75, 3.05) is 32.8 Å². The molecule has 0 radical (unpaired) electrons. The zero-order valence-electron chi connectivity index (χ0n) is 10.1. The summed E-state index contributed by atoms with van der Waals surface area (Å²) < 4.78 is 25.5. The average molecular weight is 249 g/mol. The number of piperidine rings is 2. The predicted molar refractivity (Wildman–Crippen MR) is 60.2 cm³/mol. The molecule has 0 spiro atoms. The molecule has 0 aromatic heterocycles. The van der Waals surface area contributed by atoms with Crippen LogP contribution in [0.2, 0.25) is 0 Å². The second kappa shape index (κ2) is 6.58. The maximum absolute atomic E-state index is 12.7. The molecule has 2 rings (SSSR count). The van der Waals surface area contributed by atoms with Crippen LogP contribution in [-0.2, 0) is 4.84 Å². The van der Waals surface area contributed by atoms with Gasteiger partial charge in [0.05, 0.1) is 6.61 Å². The van der Waals surface area contributed by atoms with Crippen molar-refractivity contribution in [2.45, 2.75) is 31.7 Å². The second-order valence-corrected chi connectivity index (χ2v) is 4.97. The number of hydrogen-bond donors (Lipinski definition) is 1. The third-order valence-corrected chi connectivity index (χ3v) is 3.57. The van der Waals surface area contributed by atoms with Crippen molar-refractivity contribution in [2.24, 2.45) is 5.92 Å². The Morgan fingerprint density at radius 1 is 0.941 bits per heavy atom. The summed E-state index contributed by atoms with van der Waals surface area (Å²) in [5.41, 5.74) is 3.00. The first kappa shape index (κ1) is 13.1. The zero-order chi connectivity index (χ0) is 12.1. The Morgan fingerprint density at radius 2 is 1.47 bits per heavy atom. The van der Waals surface area contributed by atoms with Crippen LogP contribution in [0.25, 0.3) is 0 Å². The van der Waals surface area contributed by atoms with E-state index in [4.69, 9.17) is 4.84 Å². The predicted octanol–water partition coefficient (Wildman–Crippen LogP) is 1.45. The molecule has 17 heavy (non-hydrogen) atoms. The van der Waals surface area contributed by atoms with E-state index in [1.807, 2.05) is 0 Å². The fraction of sp³-hybridized carbons (Fsp3) is 1.00. The minimum absolute atomic E-state index is 0.253. The molecule has 6 heteroatoms. The lowest BCUT2D eigenvalue weighted by molar-refractivity contribution is -0.0669. The number of nitrogens with zero attached hydrogens (tertiary/aromatic N) is 2. The van der Waals surface area contributed by atoms with E-state index in [-0.39, 0.29) is 6.04 Å². The average Bonchev–Trinajstić information content (AvgIpc) is 2.34. The van der Waals surface area contributed by atoms with Crippen LogP contribution in [0, 0.1) is 5.92 Å². The van der Waals surface area contributed by atoms with E-state index in [0.717, 1.165) is 35.9 Å². The Bertz CT molecular complexity index is 195. The van der Waals surface area contributed by atoms with E-state index in [0.29, 0.717) is 38.7 Å². The molecule has 0 aliphatic carbocycles. The fourth-order valence-corrected chi connectivity index (χ4v) is 2.32. The summed E-state index contributed by atoms with van der Waals surface area (Å²) in [5.74, 6) is 0.441. The third-order valence-electron chi connectivity index (χ3n) is 3.57. The molecule has 2 saturated heterocycles. The molecule has 0 atom stereocenters. The molecule has 0 saturated carbocycles. The molecule has 0 amide bonds. The minimum Gasteiger partial charge on any atom is -0.301 e. The van der Waals surface area contributed by atoms with Gasteiger partial charge in [-0.25, -0.2) is 0 Å². The Balaban J connectivity index is 1.54. The highest BCUT2D eigenvalue weighted by molar-refractivity contribution is 4.71. The maximum atomic E-state index is 12.7. The standard InChI is InChI=1S/C11H21F2N3O/c12-15-5-1-10(2-6-15)9-17-14-11-3-7-16(13)8-4-11/h10-11,14H,1-9H2. The van der Waals surface area contributed by atoms with E-state index < -0.39 is 0 Å². The lowest BCUT2D eigenvalue weighted by Gasteiger charge is -2.28. The quantitative estimate of drug-likeness (QED) is 0.603. The molecule has 2 heterocycles. The minimum atomic E-state index is 0.253. The van der Waals surface area contributed by atoms with Gasteiger partial charge in [0.2, 0.25) is 0 Å². The Labute approximate surface area is 101 Å². The van der Waals surface area contributed by atoms with Gasteiger partial charge in [0, 0.05) is 32.2 Å². The van der Waals surface area contributed by atoms with E-state index >= 15 is 0 Å². The van der Waals surface area contributed by atoms with Crippen LogP contribution in [0.1, 0.15) is 25.7 Å². The molecule has 0 bridgehead atoms. The number of rotatable bonds is 4. The molecular formula is C11H21F2N3O. The largest absolute Gasteiger partial charge is 0.301 e. The van der Waals surface area contributed by atoms with Gasteiger partial charge >= 0.3 is 0 Å². The molecule has 1 N–H and O–H groups in total. The monoisotopic (exact) mass is 249 g/mol. The van der Waals surface area contributed by atoms with Crippen LogP contribution in [0.4, 0.5) is 8.96 Å². The van der Waals surface area contributed by atoms with Crippen LogP contribution in [-0.4, -0.2) is 49.1 Å². The molecule has 2 aliphatic heterocycles. The van der Waals surface area contributed by atoms with Gasteiger partial charge < -0.3 is 4.84 Å². The van der Waals surface area contributed by atoms with Gasteiger partial charge in [-0.3, -0.25) is 0 Å². The van der Waals surface area contributed by atoms with Crippen molar-refractivity contribution >= 4 is 0 Å². The summed E-state index contributed by atoms with van der Waals surface area (Å²) in [6.07, 6.45) is 3.25. The number of hydrogen-bond acceptors (Lipinski definition) is 4. The Kier molecular flexibility index (Phi) is 5.09. The van der Waals surface area contributed by atoms with Crippen LogP contribution in [0.3, 0.4) is 0 Å². The van der Waals surface area contributed by atoms with E-state index in [9.17, 15) is 8.96 Å².